The number of aromatic nitrogens is 4. The summed E-state index contributed by atoms with van der Waals surface area (Å²) >= 11 is 0. The Morgan fingerprint density at radius 3 is 2.59 bits per heavy atom. The van der Waals surface area contributed by atoms with E-state index in [-0.39, 0.29) is 23.0 Å². The first-order valence-electron chi connectivity index (χ1n) is 11.2. The van der Waals surface area contributed by atoms with Crippen LogP contribution in [-0.4, -0.2) is 64.0 Å². The summed E-state index contributed by atoms with van der Waals surface area (Å²) in [5.41, 5.74) is 7.95. The molecule has 0 radical (unpaired) electrons. The molecule has 10 heteroatoms. The number of hydrogen-bond donors (Lipinski definition) is 2. The summed E-state index contributed by atoms with van der Waals surface area (Å²) in [6.07, 6.45) is 0. The lowest BCUT2D eigenvalue weighted by Gasteiger charge is -2.26. The third-order valence-corrected chi connectivity index (χ3v) is 5.84. The van der Waals surface area contributed by atoms with Crippen molar-refractivity contribution >= 4 is 22.8 Å². The van der Waals surface area contributed by atoms with Crippen LogP contribution in [-0.2, 0) is 11.3 Å². The minimum absolute atomic E-state index is 0.00888. The smallest absolute Gasteiger partial charge is 0.225 e. The molecule has 1 fully saturated rings. The molecule has 0 aliphatic carbocycles. The number of halogens is 2. The van der Waals surface area contributed by atoms with Gasteiger partial charge < -0.3 is 15.8 Å². The largest absolute Gasteiger partial charge is 0.383 e. The van der Waals surface area contributed by atoms with E-state index in [1.165, 1.54) is 12.1 Å². The summed E-state index contributed by atoms with van der Waals surface area (Å²) < 4.78 is 35.8. The summed E-state index contributed by atoms with van der Waals surface area (Å²) in [7, 11) is 0. The number of nitrogens with zero attached hydrogens (tertiary/aromatic N) is 5. The fourth-order valence-corrected chi connectivity index (χ4v) is 4.04. The average molecular weight is 466 g/mol. The zero-order valence-electron chi connectivity index (χ0n) is 18.5. The number of ether oxygens (including phenoxy) is 1. The molecule has 2 aromatic carbocycles. The van der Waals surface area contributed by atoms with Crippen LogP contribution in [0.15, 0.2) is 48.5 Å². The highest BCUT2D eigenvalue weighted by atomic mass is 19.2. The predicted molar refractivity (Wildman–Crippen MR) is 126 cm³/mol. The van der Waals surface area contributed by atoms with Crippen molar-refractivity contribution in [1.82, 2.24) is 24.6 Å². The Morgan fingerprint density at radius 1 is 1.00 bits per heavy atom. The first-order valence-corrected chi connectivity index (χ1v) is 11.2. The van der Waals surface area contributed by atoms with Gasteiger partial charge in [-0.3, -0.25) is 4.90 Å². The molecule has 8 nitrogen and oxygen atoms in total. The van der Waals surface area contributed by atoms with Gasteiger partial charge in [-0.25, -0.2) is 18.4 Å². The number of morpholine rings is 1. The van der Waals surface area contributed by atoms with Crippen LogP contribution in [0.25, 0.3) is 22.3 Å². The molecule has 2 aromatic heterocycles. The number of rotatable bonds is 7. The van der Waals surface area contributed by atoms with Crippen molar-refractivity contribution in [3.63, 3.8) is 0 Å². The van der Waals surface area contributed by atoms with Crippen LogP contribution in [0.3, 0.4) is 0 Å². The van der Waals surface area contributed by atoms with Gasteiger partial charge in [-0.15, -0.1) is 5.10 Å². The maximum atomic E-state index is 14.8. The molecule has 0 atom stereocenters. The van der Waals surface area contributed by atoms with Crippen molar-refractivity contribution < 1.29 is 13.5 Å². The van der Waals surface area contributed by atoms with Crippen molar-refractivity contribution in [2.24, 2.45) is 0 Å². The van der Waals surface area contributed by atoms with Gasteiger partial charge >= 0.3 is 0 Å². The molecule has 4 aromatic rings. The molecule has 3 N–H and O–H groups in total. The van der Waals surface area contributed by atoms with Crippen LogP contribution in [0.2, 0.25) is 0 Å². The predicted octanol–water partition coefficient (Wildman–Crippen LogP) is 3.15. The minimum Gasteiger partial charge on any atom is -0.383 e. The number of nitrogen functional groups attached to an aromatic ring is 1. The fraction of sp³-hybridized carbons (Fsp3) is 0.292. The zero-order chi connectivity index (χ0) is 23.5. The maximum Gasteiger partial charge on any atom is 0.225 e. The quantitative estimate of drug-likeness (QED) is 0.433. The van der Waals surface area contributed by atoms with Gasteiger partial charge in [0.15, 0.2) is 17.3 Å². The second-order valence-corrected chi connectivity index (χ2v) is 8.11. The van der Waals surface area contributed by atoms with Crippen LogP contribution >= 0.6 is 0 Å². The number of benzene rings is 2. The van der Waals surface area contributed by atoms with Crippen LogP contribution in [0.5, 0.6) is 0 Å². The van der Waals surface area contributed by atoms with Crippen molar-refractivity contribution in [3.05, 3.63) is 65.7 Å². The van der Waals surface area contributed by atoms with Gasteiger partial charge in [0.05, 0.1) is 30.8 Å². The summed E-state index contributed by atoms with van der Waals surface area (Å²) in [5.74, 6) is -1.38. The highest BCUT2D eigenvalue weighted by molar-refractivity contribution is 5.99. The molecule has 3 heterocycles. The van der Waals surface area contributed by atoms with E-state index in [0.717, 1.165) is 31.3 Å². The second-order valence-electron chi connectivity index (χ2n) is 8.11. The van der Waals surface area contributed by atoms with Gasteiger partial charge in [-0.05, 0) is 17.7 Å². The summed E-state index contributed by atoms with van der Waals surface area (Å²) in [5, 5.41) is 8.15. The number of hydrogen-bond acceptors (Lipinski definition) is 7. The van der Waals surface area contributed by atoms with Crippen molar-refractivity contribution in [3.8, 4) is 11.3 Å². The highest BCUT2D eigenvalue weighted by Gasteiger charge is 2.22. The topological polar surface area (TPSA) is 94.1 Å². The van der Waals surface area contributed by atoms with E-state index in [1.807, 2.05) is 30.3 Å². The first kappa shape index (κ1) is 22.2. The molecule has 0 saturated carbocycles. The van der Waals surface area contributed by atoms with Gasteiger partial charge in [0.25, 0.3) is 0 Å². The number of nitrogens with one attached hydrogen (secondary N) is 1. The Morgan fingerprint density at radius 2 is 1.79 bits per heavy atom. The summed E-state index contributed by atoms with van der Waals surface area (Å²) in [4.78, 5) is 11.3. The number of nitrogens with two attached hydrogens (primary N) is 1. The lowest BCUT2D eigenvalue weighted by atomic mass is 10.1. The molecular formula is C24H25F2N7O. The van der Waals surface area contributed by atoms with Gasteiger partial charge in [0.1, 0.15) is 5.82 Å². The Balaban J connectivity index is 1.52. The van der Waals surface area contributed by atoms with Crippen LogP contribution < -0.4 is 11.1 Å². The highest BCUT2D eigenvalue weighted by Crippen LogP contribution is 2.33. The molecule has 5 rings (SSSR count). The molecule has 1 saturated heterocycles. The van der Waals surface area contributed by atoms with Crippen molar-refractivity contribution in [2.75, 3.05) is 50.4 Å². The number of anilines is 2. The molecule has 0 amide bonds. The Hall–Kier alpha value is -3.63. The minimum atomic E-state index is -0.989. The van der Waals surface area contributed by atoms with Gasteiger partial charge in [0.2, 0.25) is 5.95 Å². The molecule has 1 aliphatic rings. The van der Waals surface area contributed by atoms with E-state index in [9.17, 15) is 8.78 Å². The van der Waals surface area contributed by atoms with Crippen molar-refractivity contribution in [2.45, 2.75) is 6.54 Å². The first-order chi connectivity index (χ1) is 16.6. The Kier molecular flexibility index (Phi) is 6.33. The molecule has 34 heavy (non-hydrogen) atoms. The molecule has 176 valence electrons. The van der Waals surface area contributed by atoms with Crippen LogP contribution in [0, 0.1) is 11.6 Å². The molecule has 0 bridgehead atoms. The third-order valence-electron chi connectivity index (χ3n) is 5.84. The SMILES string of the molecule is Nc1c2c(-c3cccc(F)c3F)nc(NCCN3CCOCC3)nc2nn1Cc1ccccc1. The summed E-state index contributed by atoms with van der Waals surface area (Å²) in [6, 6.07) is 13.7. The Bertz CT molecular complexity index is 1290. The van der Waals surface area contributed by atoms with E-state index in [1.54, 1.807) is 4.68 Å². The summed E-state index contributed by atoms with van der Waals surface area (Å²) in [6.45, 7) is 4.92. The Labute approximate surface area is 195 Å². The van der Waals surface area contributed by atoms with E-state index in [4.69, 9.17) is 10.5 Å². The fourth-order valence-electron chi connectivity index (χ4n) is 4.04. The van der Waals surface area contributed by atoms with Gasteiger partial charge in [-0.1, -0.05) is 36.4 Å². The van der Waals surface area contributed by atoms with E-state index >= 15 is 0 Å². The lowest BCUT2D eigenvalue weighted by molar-refractivity contribution is 0.0398. The van der Waals surface area contributed by atoms with Gasteiger partial charge in [-0.2, -0.15) is 4.98 Å². The zero-order valence-corrected chi connectivity index (χ0v) is 18.5. The standard InChI is InChI=1S/C24H25F2N7O/c25-18-8-4-7-17(20(18)26)21-19-22(27)33(15-16-5-2-1-3-6-16)31-23(19)30-24(29-21)28-9-10-32-11-13-34-14-12-32/h1-8H,9-15,27H2,(H,28,30,31). The van der Waals surface area contributed by atoms with Gasteiger partial charge in [0, 0.05) is 31.7 Å². The second kappa shape index (κ2) is 9.70. The third kappa shape index (κ3) is 4.55. The van der Waals surface area contributed by atoms with Crippen LogP contribution in [0.4, 0.5) is 20.5 Å². The molecule has 1 aliphatic heterocycles. The van der Waals surface area contributed by atoms with E-state index in [2.05, 4.69) is 25.3 Å². The van der Waals surface area contributed by atoms with E-state index < -0.39 is 11.6 Å². The van der Waals surface area contributed by atoms with Crippen molar-refractivity contribution in [1.29, 1.82) is 0 Å². The molecular weight excluding hydrogens is 440 g/mol. The molecule has 0 unspecified atom stereocenters. The number of fused-ring (bicyclic) bond motifs is 1. The maximum absolute atomic E-state index is 14.8. The lowest BCUT2D eigenvalue weighted by Crippen LogP contribution is -2.39. The van der Waals surface area contributed by atoms with E-state index in [0.29, 0.717) is 37.3 Å². The average Bonchev–Trinajstić information content (AvgIpc) is 3.16. The normalized spacial score (nSPS) is 14.5. The monoisotopic (exact) mass is 465 g/mol. The van der Waals surface area contributed by atoms with Crippen LogP contribution in [0.1, 0.15) is 5.56 Å². The molecule has 0 spiro atoms.